The molecule has 0 spiro atoms. The lowest BCUT2D eigenvalue weighted by atomic mass is 10.2. The van der Waals surface area contributed by atoms with E-state index in [2.05, 4.69) is 0 Å². The van der Waals surface area contributed by atoms with Crippen LogP contribution in [0, 0.1) is 0 Å². The van der Waals surface area contributed by atoms with Crippen molar-refractivity contribution in [1.82, 2.24) is 0 Å². The molecule has 0 aromatic heterocycles. The normalized spacial score (nSPS) is 12.4. The fourth-order valence-electron chi connectivity index (χ4n) is 1.35. The van der Waals surface area contributed by atoms with Crippen LogP contribution >= 0.6 is 0 Å². The van der Waals surface area contributed by atoms with Gasteiger partial charge in [0.15, 0.2) is 9.84 Å². The summed E-state index contributed by atoms with van der Waals surface area (Å²) in [6.07, 6.45) is 0.823. The smallest absolute Gasteiger partial charge is 0.332 e. The fraction of sp³-hybridized carbons (Fsp3) is 0.250. The summed E-state index contributed by atoms with van der Waals surface area (Å²) in [7, 11) is -3.67. The number of aliphatic carboxylic acids is 1. The molecule has 0 unspecified atom stereocenters. The van der Waals surface area contributed by atoms with Crippen molar-refractivity contribution < 1.29 is 18.3 Å². The van der Waals surface area contributed by atoms with E-state index in [1.807, 2.05) is 0 Å². The predicted octanol–water partition coefficient (Wildman–Crippen LogP) is 2.23. The monoisotopic (exact) mass is 254 g/mol. The number of carboxylic acid groups (broad SMARTS) is 1. The van der Waals surface area contributed by atoms with E-state index in [0.29, 0.717) is 6.42 Å². The van der Waals surface area contributed by atoms with Gasteiger partial charge in [0.05, 0.1) is 4.90 Å². The minimum Gasteiger partial charge on any atom is -0.478 e. The van der Waals surface area contributed by atoms with Crippen molar-refractivity contribution in [3.05, 3.63) is 41.3 Å². The van der Waals surface area contributed by atoms with Gasteiger partial charge in [-0.1, -0.05) is 31.5 Å². The molecule has 1 rings (SSSR count). The maximum absolute atomic E-state index is 11.9. The van der Waals surface area contributed by atoms with E-state index >= 15 is 0 Å². The van der Waals surface area contributed by atoms with E-state index in [1.54, 1.807) is 25.1 Å². The number of carbonyl (C=O) groups is 1. The third kappa shape index (κ3) is 3.71. The third-order valence-corrected chi connectivity index (χ3v) is 3.69. The van der Waals surface area contributed by atoms with E-state index < -0.39 is 15.8 Å². The van der Waals surface area contributed by atoms with E-state index in [9.17, 15) is 13.2 Å². The molecule has 5 heteroatoms. The van der Waals surface area contributed by atoms with Gasteiger partial charge in [0.2, 0.25) is 0 Å². The average Bonchev–Trinajstić information content (AvgIpc) is 2.29. The first-order valence-electron chi connectivity index (χ1n) is 5.21. The molecule has 92 valence electrons. The molecule has 0 atom stereocenters. The molecule has 1 aromatic carbocycles. The lowest BCUT2D eigenvalue weighted by Gasteiger charge is -2.02. The van der Waals surface area contributed by atoms with Gasteiger partial charge in [0.25, 0.3) is 0 Å². The first-order valence-corrected chi connectivity index (χ1v) is 6.76. The van der Waals surface area contributed by atoms with Gasteiger partial charge in [-0.15, -0.1) is 0 Å². The Morgan fingerprint density at radius 1 is 1.29 bits per heavy atom. The molecule has 1 N–H and O–H groups in total. The summed E-state index contributed by atoms with van der Waals surface area (Å²) in [6.45, 7) is 1.80. The summed E-state index contributed by atoms with van der Waals surface area (Å²) >= 11 is 0. The topological polar surface area (TPSA) is 71.4 Å². The highest BCUT2D eigenvalue weighted by Gasteiger charge is 2.15. The van der Waals surface area contributed by atoms with Gasteiger partial charge in [0.1, 0.15) is 0 Å². The van der Waals surface area contributed by atoms with Gasteiger partial charge in [-0.3, -0.25) is 0 Å². The second-order valence-electron chi connectivity index (χ2n) is 3.56. The van der Waals surface area contributed by atoms with E-state index in [4.69, 9.17) is 5.11 Å². The first kappa shape index (κ1) is 13.4. The van der Waals surface area contributed by atoms with Gasteiger partial charge < -0.3 is 5.11 Å². The molecule has 0 bridgehead atoms. The van der Waals surface area contributed by atoms with Crippen molar-refractivity contribution in [3.8, 4) is 0 Å². The second-order valence-corrected chi connectivity index (χ2v) is 5.35. The number of hydrogen-bond donors (Lipinski definition) is 1. The fourth-order valence-corrected chi connectivity index (χ4v) is 2.62. The van der Waals surface area contributed by atoms with Crippen LogP contribution in [0.2, 0.25) is 0 Å². The van der Waals surface area contributed by atoms with Crippen molar-refractivity contribution in [2.45, 2.75) is 24.7 Å². The maximum atomic E-state index is 11.9. The first-order chi connectivity index (χ1) is 7.97. The molecular weight excluding hydrogens is 240 g/mol. The zero-order chi connectivity index (χ0) is 12.9. The van der Waals surface area contributed by atoms with Crippen LogP contribution in [0.15, 0.2) is 46.2 Å². The standard InChI is InChI=1S/C12H14O4S/c1-2-6-10(12(13)14)9-17(15,16)11-7-4-3-5-8-11/h3-5,7-9H,2,6H2,1H3,(H,13,14)/b10-9+. The van der Waals surface area contributed by atoms with Crippen molar-refractivity contribution in [1.29, 1.82) is 0 Å². The second kappa shape index (κ2) is 5.63. The molecule has 0 amide bonds. The Hall–Kier alpha value is -1.62. The van der Waals surface area contributed by atoms with Gasteiger partial charge >= 0.3 is 5.97 Å². The number of rotatable bonds is 5. The van der Waals surface area contributed by atoms with E-state index in [1.165, 1.54) is 12.1 Å². The van der Waals surface area contributed by atoms with E-state index in [0.717, 1.165) is 5.41 Å². The van der Waals surface area contributed by atoms with Crippen LogP contribution in [-0.4, -0.2) is 19.5 Å². The highest BCUT2D eigenvalue weighted by Crippen LogP contribution is 2.15. The highest BCUT2D eigenvalue weighted by atomic mass is 32.2. The minimum absolute atomic E-state index is 0.0867. The van der Waals surface area contributed by atoms with Crippen LogP contribution in [-0.2, 0) is 14.6 Å². The Labute approximate surface area is 101 Å². The number of sulfone groups is 1. The maximum Gasteiger partial charge on any atom is 0.332 e. The Morgan fingerprint density at radius 3 is 2.35 bits per heavy atom. The van der Waals surface area contributed by atoms with Gasteiger partial charge in [-0.25, -0.2) is 13.2 Å². The SMILES string of the molecule is CCC/C(=C\S(=O)(=O)c1ccccc1)C(=O)O. The largest absolute Gasteiger partial charge is 0.478 e. The summed E-state index contributed by atoms with van der Waals surface area (Å²) in [6, 6.07) is 7.78. The van der Waals surface area contributed by atoms with Crippen LogP contribution in [0.4, 0.5) is 0 Å². The summed E-state index contributed by atoms with van der Waals surface area (Å²) < 4.78 is 23.8. The van der Waals surface area contributed by atoms with Crippen LogP contribution in [0.5, 0.6) is 0 Å². The molecule has 0 aliphatic rings. The average molecular weight is 254 g/mol. The Balaban J connectivity index is 3.15. The lowest BCUT2D eigenvalue weighted by Crippen LogP contribution is -2.05. The zero-order valence-electron chi connectivity index (χ0n) is 9.46. The zero-order valence-corrected chi connectivity index (χ0v) is 10.3. The Morgan fingerprint density at radius 2 is 1.88 bits per heavy atom. The molecule has 0 saturated heterocycles. The molecule has 0 saturated carbocycles. The Bertz CT molecular complexity index is 515. The van der Waals surface area contributed by atoms with Crippen LogP contribution in [0.3, 0.4) is 0 Å². The summed E-state index contributed by atoms with van der Waals surface area (Å²) in [5.41, 5.74) is -0.0867. The third-order valence-electron chi connectivity index (χ3n) is 2.16. The molecular formula is C12H14O4S. The van der Waals surface area contributed by atoms with Crippen LogP contribution in [0.25, 0.3) is 0 Å². The van der Waals surface area contributed by atoms with Crippen molar-refractivity contribution in [2.24, 2.45) is 0 Å². The van der Waals surface area contributed by atoms with Gasteiger partial charge in [-0.05, 0) is 18.6 Å². The summed E-state index contributed by atoms with van der Waals surface area (Å²) in [5, 5.41) is 9.72. The molecule has 4 nitrogen and oxygen atoms in total. The van der Waals surface area contributed by atoms with Crippen molar-refractivity contribution in [3.63, 3.8) is 0 Å². The number of benzene rings is 1. The predicted molar refractivity (Wildman–Crippen MR) is 64.3 cm³/mol. The van der Waals surface area contributed by atoms with Crippen LogP contribution < -0.4 is 0 Å². The van der Waals surface area contributed by atoms with Crippen molar-refractivity contribution >= 4 is 15.8 Å². The van der Waals surface area contributed by atoms with E-state index in [-0.39, 0.29) is 16.9 Å². The molecule has 0 fully saturated rings. The lowest BCUT2D eigenvalue weighted by molar-refractivity contribution is -0.132. The van der Waals surface area contributed by atoms with Gasteiger partial charge in [-0.2, -0.15) is 0 Å². The molecule has 17 heavy (non-hydrogen) atoms. The highest BCUT2D eigenvalue weighted by molar-refractivity contribution is 7.94. The number of hydrogen-bond acceptors (Lipinski definition) is 3. The molecule has 1 aromatic rings. The quantitative estimate of drug-likeness (QED) is 0.818. The molecule has 0 heterocycles. The molecule has 0 radical (unpaired) electrons. The van der Waals surface area contributed by atoms with Gasteiger partial charge in [0, 0.05) is 11.0 Å². The summed E-state index contributed by atoms with van der Waals surface area (Å²) in [4.78, 5) is 11.0. The Kier molecular flexibility index (Phi) is 4.45. The number of carboxylic acids is 1. The minimum atomic E-state index is -3.67. The van der Waals surface area contributed by atoms with Crippen LogP contribution in [0.1, 0.15) is 19.8 Å². The molecule has 0 aliphatic heterocycles. The van der Waals surface area contributed by atoms with Crippen molar-refractivity contribution in [2.75, 3.05) is 0 Å². The summed E-state index contributed by atoms with van der Waals surface area (Å²) in [5.74, 6) is -1.19. The molecule has 0 aliphatic carbocycles.